The van der Waals surface area contributed by atoms with Crippen molar-refractivity contribution in [3.05, 3.63) is 45.5 Å². The second-order valence-corrected chi connectivity index (χ2v) is 5.98. The summed E-state index contributed by atoms with van der Waals surface area (Å²) < 4.78 is 10.6. The zero-order valence-corrected chi connectivity index (χ0v) is 15.1. The molecule has 0 aliphatic rings. The average molecular weight is 360 g/mol. The number of ether oxygens (including phenoxy) is 2. The SMILES string of the molecule is COc1c(C)c(O)cc(C)c1C(=O)Oc1cc(C)c(C(=O)O)c(O)c1C. The van der Waals surface area contributed by atoms with Crippen LogP contribution in [0.5, 0.6) is 23.0 Å². The summed E-state index contributed by atoms with van der Waals surface area (Å²) >= 11 is 0. The lowest BCUT2D eigenvalue weighted by Crippen LogP contribution is -2.14. The number of hydrogen-bond acceptors (Lipinski definition) is 6. The van der Waals surface area contributed by atoms with Crippen molar-refractivity contribution >= 4 is 11.9 Å². The van der Waals surface area contributed by atoms with Gasteiger partial charge in [0.15, 0.2) is 0 Å². The number of carbonyl (C=O) groups excluding carboxylic acids is 1. The van der Waals surface area contributed by atoms with Gasteiger partial charge in [0, 0.05) is 11.1 Å². The molecule has 0 aliphatic carbocycles. The number of aromatic hydroxyl groups is 2. The fourth-order valence-corrected chi connectivity index (χ4v) is 2.77. The fraction of sp³-hybridized carbons (Fsp3) is 0.263. The fourth-order valence-electron chi connectivity index (χ4n) is 2.77. The van der Waals surface area contributed by atoms with Gasteiger partial charge in [0.1, 0.15) is 34.1 Å². The van der Waals surface area contributed by atoms with E-state index in [1.54, 1.807) is 13.8 Å². The smallest absolute Gasteiger partial charge is 0.347 e. The van der Waals surface area contributed by atoms with Crippen LogP contribution in [0.1, 0.15) is 43.0 Å². The molecule has 7 heteroatoms. The zero-order valence-electron chi connectivity index (χ0n) is 15.1. The molecule has 0 saturated carbocycles. The highest BCUT2D eigenvalue weighted by molar-refractivity contribution is 5.97. The van der Waals surface area contributed by atoms with Crippen molar-refractivity contribution in [1.82, 2.24) is 0 Å². The molecular weight excluding hydrogens is 340 g/mol. The van der Waals surface area contributed by atoms with Crippen LogP contribution in [-0.4, -0.2) is 34.4 Å². The van der Waals surface area contributed by atoms with Crippen LogP contribution in [-0.2, 0) is 0 Å². The lowest BCUT2D eigenvalue weighted by Gasteiger charge is -2.17. The first-order valence-electron chi connectivity index (χ1n) is 7.75. The molecule has 7 nitrogen and oxygen atoms in total. The van der Waals surface area contributed by atoms with Gasteiger partial charge in [-0.1, -0.05) is 0 Å². The normalized spacial score (nSPS) is 10.5. The van der Waals surface area contributed by atoms with Gasteiger partial charge >= 0.3 is 11.9 Å². The first-order chi connectivity index (χ1) is 12.1. The van der Waals surface area contributed by atoms with E-state index in [0.29, 0.717) is 11.1 Å². The van der Waals surface area contributed by atoms with Crippen molar-refractivity contribution in [1.29, 1.82) is 0 Å². The summed E-state index contributed by atoms with van der Waals surface area (Å²) in [4.78, 5) is 23.9. The molecule has 0 amide bonds. The van der Waals surface area contributed by atoms with Crippen molar-refractivity contribution in [3.63, 3.8) is 0 Å². The summed E-state index contributed by atoms with van der Waals surface area (Å²) in [5, 5.41) is 29.2. The largest absolute Gasteiger partial charge is 0.508 e. The molecule has 0 aliphatic heterocycles. The molecule has 0 radical (unpaired) electrons. The van der Waals surface area contributed by atoms with E-state index in [4.69, 9.17) is 9.47 Å². The maximum Gasteiger partial charge on any atom is 0.347 e. The highest BCUT2D eigenvalue weighted by Crippen LogP contribution is 2.37. The Kier molecular flexibility index (Phi) is 5.11. The summed E-state index contributed by atoms with van der Waals surface area (Å²) in [6, 6.07) is 2.81. The summed E-state index contributed by atoms with van der Waals surface area (Å²) in [6.07, 6.45) is 0. The molecule has 0 bridgehead atoms. The Balaban J connectivity index is 2.53. The highest BCUT2D eigenvalue weighted by Gasteiger charge is 2.25. The molecule has 0 atom stereocenters. The third-order valence-electron chi connectivity index (χ3n) is 4.23. The number of aromatic carboxylic acids is 1. The quantitative estimate of drug-likeness (QED) is 0.566. The number of rotatable bonds is 4. The Morgan fingerprint density at radius 1 is 0.923 bits per heavy atom. The number of carbonyl (C=O) groups is 2. The molecule has 0 aromatic heterocycles. The maximum absolute atomic E-state index is 12.7. The topological polar surface area (TPSA) is 113 Å². The Morgan fingerprint density at radius 3 is 2.04 bits per heavy atom. The summed E-state index contributed by atoms with van der Waals surface area (Å²) in [5.41, 5.74) is 1.14. The van der Waals surface area contributed by atoms with E-state index in [-0.39, 0.29) is 39.5 Å². The molecular formula is C19H20O7. The van der Waals surface area contributed by atoms with Gasteiger partial charge in [-0.3, -0.25) is 0 Å². The first-order valence-corrected chi connectivity index (χ1v) is 7.75. The number of hydrogen-bond donors (Lipinski definition) is 3. The van der Waals surface area contributed by atoms with Crippen molar-refractivity contribution in [3.8, 4) is 23.0 Å². The van der Waals surface area contributed by atoms with Crippen LogP contribution in [0.25, 0.3) is 0 Å². The molecule has 0 unspecified atom stereocenters. The summed E-state index contributed by atoms with van der Waals surface area (Å²) in [6.45, 7) is 6.18. The highest BCUT2D eigenvalue weighted by atomic mass is 16.5. The maximum atomic E-state index is 12.7. The summed E-state index contributed by atoms with van der Waals surface area (Å²) in [7, 11) is 1.38. The van der Waals surface area contributed by atoms with Crippen LogP contribution >= 0.6 is 0 Å². The molecule has 138 valence electrons. The van der Waals surface area contributed by atoms with Crippen LogP contribution in [0.2, 0.25) is 0 Å². The Hall–Kier alpha value is -3.22. The van der Waals surface area contributed by atoms with Gasteiger partial charge in [0.25, 0.3) is 0 Å². The Labute approximate surface area is 150 Å². The molecule has 0 heterocycles. The lowest BCUT2D eigenvalue weighted by molar-refractivity contribution is 0.0692. The monoisotopic (exact) mass is 360 g/mol. The van der Waals surface area contributed by atoms with Crippen molar-refractivity contribution in [2.75, 3.05) is 7.11 Å². The number of aryl methyl sites for hydroxylation is 2. The van der Waals surface area contributed by atoms with Gasteiger partial charge in [0.2, 0.25) is 0 Å². The average Bonchev–Trinajstić information content (AvgIpc) is 2.54. The minimum absolute atomic E-state index is 0.00798. The molecule has 0 saturated heterocycles. The van der Waals surface area contributed by atoms with Gasteiger partial charge in [0.05, 0.1) is 7.11 Å². The third-order valence-corrected chi connectivity index (χ3v) is 4.23. The van der Waals surface area contributed by atoms with E-state index in [0.717, 1.165) is 0 Å². The van der Waals surface area contributed by atoms with Crippen molar-refractivity contribution in [2.45, 2.75) is 27.7 Å². The number of carboxylic acids is 1. The van der Waals surface area contributed by atoms with Crippen LogP contribution in [0.3, 0.4) is 0 Å². The molecule has 2 rings (SSSR count). The minimum atomic E-state index is -1.27. The van der Waals surface area contributed by atoms with E-state index in [1.165, 1.54) is 33.1 Å². The van der Waals surface area contributed by atoms with Crippen molar-refractivity contribution in [2.24, 2.45) is 0 Å². The molecule has 0 spiro atoms. The van der Waals surface area contributed by atoms with E-state index < -0.39 is 17.7 Å². The molecule has 26 heavy (non-hydrogen) atoms. The van der Waals surface area contributed by atoms with Crippen LogP contribution in [0.4, 0.5) is 0 Å². The molecule has 3 N–H and O–H groups in total. The van der Waals surface area contributed by atoms with Crippen LogP contribution < -0.4 is 9.47 Å². The predicted molar refractivity (Wildman–Crippen MR) is 93.6 cm³/mol. The molecule has 2 aromatic rings. The van der Waals surface area contributed by atoms with Gasteiger partial charge in [-0.05, 0) is 51.0 Å². The third kappa shape index (κ3) is 3.15. The van der Waals surface area contributed by atoms with E-state index >= 15 is 0 Å². The van der Waals surface area contributed by atoms with Gasteiger partial charge < -0.3 is 24.8 Å². The number of esters is 1. The van der Waals surface area contributed by atoms with Gasteiger partial charge in [-0.15, -0.1) is 0 Å². The second kappa shape index (κ2) is 6.95. The number of carboxylic acid groups (broad SMARTS) is 1. The number of benzene rings is 2. The van der Waals surface area contributed by atoms with E-state index in [2.05, 4.69) is 0 Å². The lowest BCUT2D eigenvalue weighted by atomic mass is 10.0. The minimum Gasteiger partial charge on any atom is -0.508 e. The first kappa shape index (κ1) is 19.1. The van der Waals surface area contributed by atoms with E-state index in [1.807, 2.05) is 0 Å². The Morgan fingerprint density at radius 2 is 1.50 bits per heavy atom. The zero-order chi connectivity index (χ0) is 19.8. The van der Waals surface area contributed by atoms with E-state index in [9.17, 15) is 24.9 Å². The van der Waals surface area contributed by atoms with Crippen LogP contribution in [0.15, 0.2) is 12.1 Å². The van der Waals surface area contributed by atoms with Crippen LogP contribution in [0, 0.1) is 27.7 Å². The molecule has 2 aromatic carbocycles. The van der Waals surface area contributed by atoms with Gasteiger partial charge in [-0.25, -0.2) is 9.59 Å². The standard InChI is InChI=1S/C19H20O7/c1-8-6-12(20)10(3)17(25-5)15(8)19(24)26-13-7-9(2)14(18(22)23)16(21)11(13)4/h6-7,20-21H,1-5H3,(H,22,23). The van der Waals surface area contributed by atoms with Gasteiger partial charge in [-0.2, -0.15) is 0 Å². The second-order valence-electron chi connectivity index (χ2n) is 5.98. The number of methoxy groups -OCH3 is 1. The molecule has 0 fully saturated rings. The van der Waals surface area contributed by atoms with Crippen molar-refractivity contribution < 1.29 is 34.4 Å². The predicted octanol–water partition coefficient (Wildman–Crippen LogP) is 3.26. The number of phenols is 2. The number of phenolic OH excluding ortho intramolecular Hbond substituents is 1. The summed E-state index contributed by atoms with van der Waals surface area (Å²) in [5.74, 6) is -2.24. The Bertz CT molecular complexity index is 913.